The smallest absolute Gasteiger partial charge is 0.266 e. The molecule has 1 unspecified atom stereocenters. The molecule has 2 aliphatic heterocycles. The van der Waals surface area contributed by atoms with E-state index in [1.54, 1.807) is 12.1 Å². The number of ether oxygens (including phenoxy) is 2. The van der Waals surface area contributed by atoms with Gasteiger partial charge in [-0.15, -0.1) is 0 Å². The lowest BCUT2D eigenvalue weighted by Crippen LogP contribution is -2.54. The highest BCUT2D eigenvalue weighted by molar-refractivity contribution is 6.24. The second kappa shape index (κ2) is 9.49. The van der Waals surface area contributed by atoms with E-state index in [1.807, 2.05) is 0 Å². The number of unbranched alkanes of at least 4 members (excludes halogenated alkanes) is 1. The molecular weight excluding hydrogens is 394 g/mol. The zero-order valence-corrected chi connectivity index (χ0v) is 16.6. The summed E-state index contributed by atoms with van der Waals surface area (Å²) < 4.78 is 10.4. The van der Waals surface area contributed by atoms with Crippen LogP contribution in [0.1, 0.15) is 46.4 Å². The SMILES string of the molecule is COCC(=O)NCCCCOc1cccc2c1C(=O)N(C1CCC(=O)NC1=O)C2=O. The van der Waals surface area contributed by atoms with Crippen LogP contribution in [0.5, 0.6) is 5.75 Å². The number of carbonyl (C=O) groups excluding carboxylic acids is 5. The van der Waals surface area contributed by atoms with E-state index in [4.69, 9.17) is 9.47 Å². The van der Waals surface area contributed by atoms with Crippen molar-refractivity contribution in [2.75, 3.05) is 26.9 Å². The average molecular weight is 417 g/mol. The molecule has 0 saturated carbocycles. The number of rotatable bonds is 9. The van der Waals surface area contributed by atoms with Gasteiger partial charge in [-0.05, 0) is 31.4 Å². The highest BCUT2D eigenvalue weighted by Gasteiger charge is 2.45. The number of carbonyl (C=O) groups is 5. The second-order valence-corrected chi connectivity index (χ2v) is 6.96. The van der Waals surface area contributed by atoms with Gasteiger partial charge in [-0.1, -0.05) is 6.07 Å². The summed E-state index contributed by atoms with van der Waals surface area (Å²) in [5, 5.41) is 4.86. The maximum atomic E-state index is 12.9. The molecule has 0 bridgehead atoms. The Morgan fingerprint density at radius 1 is 1.20 bits per heavy atom. The van der Waals surface area contributed by atoms with Gasteiger partial charge in [0, 0.05) is 20.1 Å². The summed E-state index contributed by atoms with van der Waals surface area (Å²) >= 11 is 0. The molecule has 2 aliphatic rings. The highest BCUT2D eigenvalue weighted by Crippen LogP contribution is 2.33. The van der Waals surface area contributed by atoms with Gasteiger partial charge in [0.05, 0.1) is 17.7 Å². The van der Waals surface area contributed by atoms with Gasteiger partial charge in [0.2, 0.25) is 17.7 Å². The molecule has 30 heavy (non-hydrogen) atoms. The number of amides is 5. The number of hydrogen-bond donors (Lipinski definition) is 2. The molecule has 1 atom stereocenters. The van der Waals surface area contributed by atoms with E-state index in [1.165, 1.54) is 13.2 Å². The minimum Gasteiger partial charge on any atom is -0.493 e. The first-order valence-electron chi connectivity index (χ1n) is 9.67. The van der Waals surface area contributed by atoms with Gasteiger partial charge in [-0.2, -0.15) is 0 Å². The third-order valence-electron chi connectivity index (χ3n) is 4.86. The van der Waals surface area contributed by atoms with Crippen LogP contribution >= 0.6 is 0 Å². The van der Waals surface area contributed by atoms with Crippen LogP contribution in [-0.4, -0.2) is 67.3 Å². The molecule has 0 spiro atoms. The molecule has 3 rings (SSSR count). The third kappa shape index (κ3) is 4.48. The topological polar surface area (TPSA) is 131 Å². The van der Waals surface area contributed by atoms with E-state index in [0.717, 1.165) is 4.90 Å². The number of piperidine rings is 1. The highest BCUT2D eigenvalue weighted by atomic mass is 16.5. The van der Waals surface area contributed by atoms with Crippen molar-refractivity contribution in [2.24, 2.45) is 0 Å². The fraction of sp³-hybridized carbons (Fsp3) is 0.450. The normalized spacial score (nSPS) is 18.3. The van der Waals surface area contributed by atoms with E-state index in [0.29, 0.717) is 19.4 Å². The minimum atomic E-state index is -1.02. The summed E-state index contributed by atoms with van der Waals surface area (Å²) in [5.41, 5.74) is 0.301. The van der Waals surface area contributed by atoms with Crippen LogP contribution in [0.25, 0.3) is 0 Å². The van der Waals surface area contributed by atoms with Gasteiger partial charge >= 0.3 is 0 Å². The fourth-order valence-corrected chi connectivity index (χ4v) is 3.42. The number of methoxy groups -OCH3 is 1. The first-order chi connectivity index (χ1) is 14.4. The predicted octanol–water partition coefficient (Wildman–Crippen LogP) is 0.00940. The van der Waals surface area contributed by atoms with Crippen LogP contribution in [0.3, 0.4) is 0 Å². The summed E-state index contributed by atoms with van der Waals surface area (Å²) in [6.45, 7) is 0.766. The van der Waals surface area contributed by atoms with E-state index in [2.05, 4.69) is 10.6 Å². The van der Waals surface area contributed by atoms with Crippen LogP contribution in [0.15, 0.2) is 18.2 Å². The number of benzene rings is 1. The molecule has 2 heterocycles. The fourth-order valence-electron chi connectivity index (χ4n) is 3.42. The Kier molecular flexibility index (Phi) is 6.78. The van der Waals surface area contributed by atoms with Crippen molar-refractivity contribution in [1.29, 1.82) is 0 Å². The molecule has 1 aromatic rings. The Morgan fingerprint density at radius 2 is 2.00 bits per heavy atom. The largest absolute Gasteiger partial charge is 0.493 e. The Hall–Kier alpha value is -3.27. The number of nitrogens with zero attached hydrogens (tertiary/aromatic N) is 1. The third-order valence-corrected chi connectivity index (χ3v) is 4.86. The monoisotopic (exact) mass is 417 g/mol. The van der Waals surface area contributed by atoms with Crippen LogP contribution in [0.2, 0.25) is 0 Å². The summed E-state index contributed by atoms with van der Waals surface area (Å²) in [5.74, 6) is -2.18. The summed E-state index contributed by atoms with van der Waals surface area (Å²) in [7, 11) is 1.44. The molecule has 2 N–H and O–H groups in total. The first kappa shape index (κ1) is 21.4. The lowest BCUT2D eigenvalue weighted by atomic mass is 10.0. The number of fused-ring (bicyclic) bond motifs is 1. The van der Waals surface area contributed by atoms with Crippen molar-refractivity contribution in [3.05, 3.63) is 29.3 Å². The Labute approximate surface area is 172 Å². The van der Waals surface area contributed by atoms with E-state index < -0.39 is 29.7 Å². The van der Waals surface area contributed by atoms with E-state index in [-0.39, 0.29) is 48.8 Å². The number of imide groups is 2. The molecule has 1 aromatic carbocycles. The standard InChI is InChI=1S/C20H23N3O7/c1-29-11-16(25)21-9-2-3-10-30-14-6-4-5-12-17(14)20(28)23(19(12)27)13-7-8-15(24)22-18(13)26/h4-6,13H,2-3,7-11H2,1H3,(H,21,25)(H,22,24,26). The molecule has 10 nitrogen and oxygen atoms in total. The lowest BCUT2D eigenvalue weighted by molar-refractivity contribution is -0.136. The number of nitrogens with one attached hydrogen (secondary N) is 2. The Balaban J connectivity index is 1.60. The zero-order valence-electron chi connectivity index (χ0n) is 16.6. The predicted molar refractivity (Wildman–Crippen MR) is 103 cm³/mol. The molecule has 1 saturated heterocycles. The second-order valence-electron chi connectivity index (χ2n) is 6.96. The minimum absolute atomic E-state index is 0.00642. The number of hydrogen-bond acceptors (Lipinski definition) is 7. The van der Waals surface area contributed by atoms with Crippen molar-refractivity contribution in [3.63, 3.8) is 0 Å². The molecule has 0 aromatic heterocycles. The van der Waals surface area contributed by atoms with Crippen molar-refractivity contribution < 1.29 is 33.4 Å². The van der Waals surface area contributed by atoms with Crippen LogP contribution in [0.4, 0.5) is 0 Å². The summed E-state index contributed by atoms with van der Waals surface area (Å²) in [4.78, 5) is 61.4. The quantitative estimate of drug-likeness (QED) is 0.427. The Bertz CT molecular complexity index is 883. The van der Waals surface area contributed by atoms with Gasteiger partial charge in [0.15, 0.2) is 0 Å². The maximum absolute atomic E-state index is 12.9. The van der Waals surface area contributed by atoms with Gasteiger partial charge in [0.25, 0.3) is 11.8 Å². The zero-order chi connectivity index (χ0) is 21.7. The molecule has 10 heteroatoms. The summed E-state index contributed by atoms with van der Waals surface area (Å²) in [6, 6.07) is 3.70. The van der Waals surface area contributed by atoms with Crippen molar-refractivity contribution in [1.82, 2.24) is 15.5 Å². The maximum Gasteiger partial charge on any atom is 0.266 e. The van der Waals surface area contributed by atoms with Crippen molar-refractivity contribution >= 4 is 29.5 Å². The van der Waals surface area contributed by atoms with Gasteiger partial charge in [-0.3, -0.25) is 34.2 Å². The van der Waals surface area contributed by atoms with E-state index in [9.17, 15) is 24.0 Å². The van der Waals surface area contributed by atoms with Gasteiger partial charge in [0.1, 0.15) is 18.4 Å². The molecule has 1 fully saturated rings. The van der Waals surface area contributed by atoms with Crippen LogP contribution in [0, 0.1) is 0 Å². The Morgan fingerprint density at radius 3 is 2.73 bits per heavy atom. The molecule has 0 radical (unpaired) electrons. The molecule has 5 amide bonds. The molecule has 0 aliphatic carbocycles. The van der Waals surface area contributed by atoms with Gasteiger partial charge in [-0.25, -0.2) is 0 Å². The average Bonchev–Trinajstić information content (AvgIpc) is 2.96. The molecular formula is C20H23N3O7. The van der Waals surface area contributed by atoms with Crippen LogP contribution < -0.4 is 15.4 Å². The van der Waals surface area contributed by atoms with E-state index >= 15 is 0 Å². The van der Waals surface area contributed by atoms with Crippen LogP contribution in [-0.2, 0) is 19.1 Å². The first-order valence-corrected chi connectivity index (χ1v) is 9.67. The van der Waals surface area contributed by atoms with Gasteiger partial charge < -0.3 is 14.8 Å². The lowest BCUT2D eigenvalue weighted by Gasteiger charge is -2.27. The van der Waals surface area contributed by atoms with Crippen molar-refractivity contribution in [3.8, 4) is 5.75 Å². The molecule has 160 valence electrons. The van der Waals surface area contributed by atoms with Crippen molar-refractivity contribution in [2.45, 2.75) is 31.7 Å². The summed E-state index contributed by atoms with van der Waals surface area (Å²) in [6.07, 6.45) is 1.45.